The fourth-order valence-electron chi connectivity index (χ4n) is 4.73. The fraction of sp³-hybridized carbons (Fsp3) is 0.478. The normalized spacial score (nSPS) is 17.6. The highest BCUT2D eigenvalue weighted by Gasteiger charge is 2.24. The molecule has 5 rings (SSSR count). The van der Waals surface area contributed by atoms with Crippen LogP contribution in [0.5, 0.6) is 0 Å². The molecular weight excluding hydrogens is 470 g/mol. The van der Waals surface area contributed by atoms with Crippen LogP contribution in [0.15, 0.2) is 33.8 Å². The molecule has 4 heterocycles. The quantitative estimate of drug-likeness (QED) is 0.564. The Bertz CT molecular complexity index is 1160. The highest BCUT2D eigenvalue weighted by atomic mass is 79.9. The lowest BCUT2D eigenvalue weighted by Gasteiger charge is -2.22. The summed E-state index contributed by atoms with van der Waals surface area (Å²) in [6.45, 7) is 5.99. The number of nitrogens with one attached hydrogen (secondary N) is 2. The van der Waals surface area contributed by atoms with Crippen molar-refractivity contribution < 1.29 is 0 Å². The third-order valence-electron chi connectivity index (χ3n) is 6.52. The van der Waals surface area contributed by atoms with Crippen molar-refractivity contribution in [2.75, 3.05) is 36.4 Å². The van der Waals surface area contributed by atoms with Crippen LogP contribution in [-0.2, 0) is 0 Å². The Labute approximate surface area is 195 Å². The zero-order valence-corrected chi connectivity index (χ0v) is 19.9. The van der Waals surface area contributed by atoms with Gasteiger partial charge in [0.05, 0.1) is 16.4 Å². The summed E-state index contributed by atoms with van der Waals surface area (Å²) in [5.41, 5.74) is 2.67. The zero-order chi connectivity index (χ0) is 22.1. The van der Waals surface area contributed by atoms with Crippen molar-refractivity contribution >= 4 is 44.4 Å². The van der Waals surface area contributed by atoms with Crippen molar-refractivity contribution in [3.63, 3.8) is 0 Å². The molecule has 3 aromatic rings. The van der Waals surface area contributed by atoms with E-state index in [0.717, 1.165) is 74.9 Å². The molecule has 0 atom stereocenters. The summed E-state index contributed by atoms with van der Waals surface area (Å²) in [7, 11) is 0. The van der Waals surface area contributed by atoms with Crippen LogP contribution < -0.4 is 21.1 Å². The van der Waals surface area contributed by atoms with E-state index in [1.54, 1.807) is 6.20 Å². The summed E-state index contributed by atoms with van der Waals surface area (Å²) in [6.07, 6.45) is 9.12. The molecule has 0 aromatic carbocycles. The number of anilines is 3. The number of pyridine rings is 2. The van der Waals surface area contributed by atoms with Gasteiger partial charge >= 0.3 is 0 Å². The minimum absolute atomic E-state index is 0.0130. The van der Waals surface area contributed by atoms with Crippen LogP contribution in [0.3, 0.4) is 0 Å². The second-order valence-electron chi connectivity index (χ2n) is 8.60. The topological polar surface area (TPSA) is 88.0 Å². The highest BCUT2D eigenvalue weighted by Crippen LogP contribution is 2.32. The lowest BCUT2D eigenvalue weighted by Crippen LogP contribution is -2.27. The molecule has 0 spiro atoms. The van der Waals surface area contributed by atoms with Crippen molar-refractivity contribution in [2.24, 2.45) is 0 Å². The number of fused-ring (bicyclic) bond motifs is 1. The number of nitrogens with zero attached hydrogens (tertiary/aromatic N) is 5. The van der Waals surface area contributed by atoms with Crippen molar-refractivity contribution in [1.29, 1.82) is 0 Å². The van der Waals surface area contributed by atoms with Crippen LogP contribution in [0.4, 0.5) is 17.5 Å². The van der Waals surface area contributed by atoms with Crippen molar-refractivity contribution in [2.45, 2.75) is 45.1 Å². The van der Waals surface area contributed by atoms with E-state index in [1.165, 1.54) is 0 Å². The van der Waals surface area contributed by atoms with Gasteiger partial charge in [0.1, 0.15) is 11.5 Å². The van der Waals surface area contributed by atoms with Crippen LogP contribution in [0.1, 0.15) is 43.7 Å². The molecule has 8 nitrogen and oxygen atoms in total. The van der Waals surface area contributed by atoms with Gasteiger partial charge in [-0.2, -0.15) is 4.98 Å². The van der Waals surface area contributed by atoms with Gasteiger partial charge in [-0.3, -0.25) is 9.36 Å². The van der Waals surface area contributed by atoms with E-state index < -0.39 is 0 Å². The predicted octanol–water partition coefficient (Wildman–Crippen LogP) is 3.92. The minimum atomic E-state index is -0.0130. The van der Waals surface area contributed by atoms with E-state index >= 15 is 0 Å². The Kier molecular flexibility index (Phi) is 6.10. The molecule has 2 N–H and O–H groups in total. The van der Waals surface area contributed by atoms with E-state index in [9.17, 15) is 4.79 Å². The van der Waals surface area contributed by atoms with Gasteiger partial charge < -0.3 is 15.5 Å². The first-order valence-corrected chi connectivity index (χ1v) is 12.2. The number of aryl methyl sites for hydroxylation is 1. The van der Waals surface area contributed by atoms with Gasteiger partial charge in [-0.05, 0) is 66.4 Å². The molecule has 0 bridgehead atoms. The van der Waals surface area contributed by atoms with Crippen LogP contribution in [0, 0.1) is 6.92 Å². The van der Waals surface area contributed by atoms with Gasteiger partial charge in [0.15, 0.2) is 0 Å². The molecule has 1 saturated heterocycles. The van der Waals surface area contributed by atoms with Crippen LogP contribution in [0.25, 0.3) is 11.0 Å². The molecule has 0 amide bonds. The molecule has 3 aromatic heterocycles. The summed E-state index contributed by atoms with van der Waals surface area (Å²) in [4.78, 5) is 29.3. The van der Waals surface area contributed by atoms with Crippen LogP contribution in [0.2, 0.25) is 0 Å². The lowest BCUT2D eigenvalue weighted by atomic mass is 10.1. The number of hydrogen-bond donors (Lipinski definition) is 2. The molecule has 0 radical (unpaired) electrons. The van der Waals surface area contributed by atoms with Gasteiger partial charge in [0, 0.05) is 37.3 Å². The molecule has 1 aliphatic carbocycles. The maximum Gasteiger partial charge on any atom is 0.267 e. The Morgan fingerprint density at radius 3 is 2.72 bits per heavy atom. The second kappa shape index (κ2) is 9.15. The molecule has 2 fully saturated rings. The molecule has 168 valence electrons. The average molecular weight is 498 g/mol. The Balaban J connectivity index is 1.45. The summed E-state index contributed by atoms with van der Waals surface area (Å²) >= 11 is 3.49. The number of hydrogen-bond acceptors (Lipinski definition) is 7. The second-order valence-corrected chi connectivity index (χ2v) is 9.39. The molecule has 9 heteroatoms. The van der Waals surface area contributed by atoms with E-state index in [2.05, 4.69) is 47.5 Å². The van der Waals surface area contributed by atoms with E-state index in [-0.39, 0.29) is 11.6 Å². The summed E-state index contributed by atoms with van der Waals surface area (Å²) in [5, 5.41) is 7.54. The maximum atomic E-state index is 13.1. The van der Waals surface area contributed by atoms with Gasteiger partial charge in [0.25, 0.3) is 5.56 Å². The summed E-state index contributed by atoms with van der Waals surface area (Å²) in [6, 6.07) is 4.22. The summed E-state index contributed by atoms with van der Waals surface area (Å²) < 4.78 is 2.46. The first-order chi connectivity index (χ1) is 15.6. The largest absolute Gasteiger partial charge is 0.369 e. The van der Waals surface area contributed by atoms with Crippen molar-refractivity contribution in [3.8, 4) is 0 Å². The van der Waals surface area contributed by atoms with E-state index in [1.807, 2.05) is 23.8 Å². The highest BCUT2D eigenvalue weighted by molar-refractivity contribution is 9.10. The van der Waals surface area contributed by atoms with Crippen molar-refractivity contribution in [3.05, 3.63) is 44.9 Å². The van der Waals surface area contributed by atoms with E-state index in [4.69, 9.17) is 4.98 Å². The third-order valence-corrected chi connectivity index (χ3v) is 7.45. The molecular formula is C23H28BrN7O. The standard InChI is InChI=1S/C23H28BrN7O/c1-15-18-14-27-23(29-21(18)31(22(32)20(15)24)16-5-2-3-6-16)28-19-8-7-17(13-26-19)30-11-4-9-25-10-12-30/h7-8,13-14,16,25H,2-6,9-12H2,1H3,(H,26,27,28,29). The van der Waals surface area contributed by atoms with Crippen LogP contribution >= 0.6 is 15.9 Å². The monoisotopic (exact) mass is 497 g/mol. The zero-order valence-electron chi connectivity index (χ0n) is 18.3. The third kappa shape index (κ3) is 4.11. The molecule has 2 aliphatic rings. The summed E-state index contributed by atoms with van der Waals surface area (Å²) in [5.74, 6) is 1.13. The average Bonchev–Trinajstić information content (AvgIpc) is 3.19. The maximum absolute atomic E-state index is 13.1. The van der Waals surface area contributed by atoms with Crippen molar-refractivity contribution in [1.82, 2.24) is 24.8 Å². The van der Waals surface area contributed by atoms with Gasteiger partial charge in [-0.25, -0.2) is 9.97 Å². The number of aromatic nitrogens is 4. The Morgan fingerprint density at radius 2 is 1.94 bits per heavy atom. The first-order valence-electron chi connectivity index (χ1n) is 11.4. The first kappa shape index (κ1) is 21.3. The SMILES string of the molecule is Cc1c(Br)c(=O)n(C2CCCC2)c2nc(Nc3ccc(N4CCCNCC4)cn3)ncc12. The molecule has 32 heavy (non-hydrogen) atoms. The van der Waals surface area contributed by atoms with Gasteiger partial charge in [-0.1, -0.05) is 12.8 Å². The molecule has 1 saturated carbocycles. The van der Waals surface area contributed by atoms with E-state index in [0.29, 0.717) is 21.9 Å². The fourth-order valence-corrected chi connectivity index (χ4v) is 5.13. The molecule has 0 unspecified atom stereocenters. The van der Waals surface area contributed by atoms with Crippen LogP contribution in [-0.4, -0.2) is 45.7 Å². The Morgan fingerprint density at radius 1 is 1.09 bits per heavy atom. The predicted molar refractivity (Wildman–Crippen MR) is 131 cm³/mol. The number of halogens is 1. The number of rotatable bonds is 4. The smallest absolute Gasteiger partial charge is 0.267 e. The van der Waals surface area contributed by atoms with Gasteiger partial charge in [0.2, 0.25) is 5.95 Å². The molecule has 1 aliphatic heterocycles. The minimum Gasteiger partial charge on any atom is -0.369 e. The Hall–Kier alpha value is -2.52. The lowest BCUT2D eigenvalue weighted by molar-refractivity contribution is 0.514. The van der Waals surface area contributed by atoms with Gasteiger partial charge in [-0.15, -0.1) is 0 Å².